The van der Waals surface area contributed by atoms with E-state index in [0.29, 0.717) is 23.5 Å². The lowest BCUT2D eigenvalue weighted by Crippen LogP contribution is -2.64. The highest BCUT2D eigenvalue weighted by Crippen LogP contribution is 2.36. The van der Waals surface area contributed by atoms with Gasteiger partial charge in [-0.1, -0.05) is 43.3 Å². The van der Waals surface area contributed by atoms with Crippen molar-refractivity contribution in [3.05, 3.63) is 94.7 Å². The highest BCUT2D eigenvalue weighted by Gasteiger charge is 2.49. The molecule has 2 amide bonds. The Morgan fingerprint density at radius 2 is 1.91 bits per heavy atom. The number of hydrogen-bond acceptors (Lipinski definition) is 4. The Balaban J connectivity index is 1.55. The van der Waals surface area contributed by atoms with Gasteiger partial charge in [0.05, 0.1) is 11.4 Å². The number of amides is 2. The number of nitrogens with zero attached hydrogens (tertiary/aromatic N) is 3. The summed E-state index contributed by atoms with van der Waals surface area (Å²) >= 11 is 1.55. The number of anilines is 1. The van der Waals surface area contributed by atoms with Gasteiger partial charge in [0.25, 0.3) is 5.91 Å². The molecule has 1 aliphatic rings. The smallest absolute Gasteiger partial charge is 0.277 e. The second kappa shape index (κ2) is 9.11. The van der Waals surface area contributed by atoms with E-state index in [0.717, 1.165) is 16.0 Å². The highest BCUT2D eigenvalue weighted by atomic mass is 32.1. The van der Waals surface area contributed by atoms with E-state index in [1.54, 1.807) is 46.0 Å². The second-order valence-corrected chi connectivity index (χ2v) is 9.70. The first-order valence-corrected chi connectivity index (χ1v) is 12.4. The van der Waals surface area contributed by atoms with Gasteiger partial charge in [-0.2, -0.15) is 5.10 Å². The molecule has 2 aromatic heterocycles. The SMILES string of the molecule is CCc1ccccc1N1C(=O)c2cc(-c3cccs3)nn2CC1(C)C(=O)NCc1ccc(F)cc1. The van der Waals surface area contributed by atoms with Gasteiger partial charge in [-0.15, -0.1) is 11.3 Å². The van der Waals surface area contributed by atoms with Crippen LogP contribution in [0.2, 0.25) is 0 Å². The molecule has 0 spiro atoms. The molecule has 0 saturated carbocycles. The zero-order chi connectivity index (χ0) is 24.6. The monoisotopic (exact) mass is 488 g/mol. The molecule has 1 atom stereocenters. The minimum atomic E-state index is -1.23. The summed E-state index contributed by atoms with van der Waals surface area (Å²) in [5.41, 5.74) is 2.39. The maximum absolute atomic E-state index is 13.9. The van der Waals surface area contributed by atoms with Gasteiger partial charge in [-0.05, 0) is 60.2 Å². The fraction of sp³-hybridized carbons (Fsp3) is 0.222. The summed E-state index contributed by atoms with van der Waals surface area (Å²) in [4.78, 5) is 30.2. The Kier molecular flexibility index (Phi) is 5.98. The van der Waals surface area contributed by atoms with Gasteiger partial charge in [0.2, 0.25) is 5.91 Å². The van der Waals surface area contributed by atoms with Crippen molar-refractivity contribution in [3.8, 4) is 10.6 Å². The van der Waals surface area contributed by atoms with E-state index in [2.05, 4.69) is 10.4 Å². The molecule has 0 aliphatic carbocycles. The lowest BCUT2D eigenvalue weighted by atomic mass is 9.92. The van der Waals surface area contributed by atoms with Crippen LogP contribution in [0.1, 0.15) is 35.5 Å². The molecule has 6 nitrogen and oxygen atoms in total. The van der Waals surface area contributed by atoms with Crippen LogP contribution in [-0.2, 0) is 24.3 Å². The maximum Gasteiger partial charge on any atom is 0.277 e. The number of para-hydroxylation sites is 1. The molecule has 0 saturated heterocycles. The number of carbonyl (C=O) groups excluding carboxylic acids is 2. The molecule has 35 heavy (non-hydrogen) atoms. The number of rotatable bonds is 6. The second-order valence-electron chi connectivity index (χ2n) is 8.76. The summed E-state index contributed by atoms with van der Waals surface area (Å²) in [6.45, 7) is 4.22. The third-order valence-electron chi connectivity index (χ3n) is 6.40. The van der Waals surface area contributed by atoms with Crippen LogP contribution in [-0.4, -0.2) is 27.1 Å². The topological polar surface area (TPSA) is 67.2 Å². The van der Waals surface area contributed by atoms with Gasteiger partial charge in [0.1, 0.15) is 22.7 Å². The normalized spacial score (nSPS) is 17.3. The van der Waals surface area contributed by atoms with Gasteiger partial charge in [-0.3, -0.25) is 19.2 Å². The molecule has 2 aromatic carbocycles. The van der Waals surface area contributed by atoms with Crippen molar-refractivity contribution < 1.29 is 14.0 Å². The third kappa shape index (κ3) is 4.14. The summed E-state index contributed by atoms with van der Waals surface area (Å²) in [7, 11) is 0. The van der Waals surface area contributed by atoms with Crippen LogP contribution in [0, 0.1) is 5.82 Å². The molecule has 0 fully saturated rings. The molecular weight excluding hydrogens is 463 g/mol. The van der Waals surface area contributed by atoms with E-state index < -0.39 is 5.54 Å². The molecule has 5 rings (SSSR count). The molecule has 4 aromatic rings. The van der Waals surface area contributed by atoms with Crippen molar-refractivity contribution in [1.29, 1.82) is 0 Å². The summed E-state index contributed by atoms with van der Waals surface area (Å²) < 4.78 is 14.9. The number of aromatic nitrogens is 2. The Morgan fingerprint density at radius 3 is 2.63 bits per heavy atom. The van der Waals surface area contributed by atoms with Crippen LogP contribution in [0.15, 0.2) is 72.1 Å². The maximum atomic E-state index is 13.9. The third-order valence-corrected chi connectivity index (χ3v) is 7.29. The number of hydrogen-bond donors (Lipinski definition) is 1. The number of thiophene rings is 1. The predicted molar refractivity (Wildman–Crippen MR) is 135 cm³/mol. The van der Waals surface area contributed by atoms with Crippen molar-refractivity contribution in [2.24, 2.45) is 0 Å². The van der Waals surface area contributed by atoms with E-state index in [1.807, 2.05) is 48.7 Å². The van der Waals surface area contributed by atoms with Crippen molar-refractivity contribution >= 4 is 28.8 Å². The molecule has 0 bridgehead atoms. The molecule has 3 heterocycles. The standard InChI is InChI=1S/C27H25FN4O2S/c1-3-19-7-4-5-8-22(19)32-25(33)23-15-21(24-9-6-14-35-24)30-31(23)17-27(32,2)26(34)29-16-18-10-12-20(28)13-11-18/h4-15H,3,16-17H2,1-2H3,(H,29,34). The Labute approximate surface area is 207 Å². The minimum absolute atomic E-state index is 0.201. The lowest BCUT2D eigenvalue weighted by molar-refractivity contribution is -0.126. The van der Waals surface area contributed by atoms with E-state index in [4.69, 9.17) is 0 Å². The molecule has 0 radical (unpaired) electrons. The van der Waals surface area contributed by atoms with Gasteiger partial charge in [0.15, 0.2) is 0 Å². The number of halogens is 1. The predicted octanol–water partition coefficient (Wildman–Crippen LogP) is 5.05. The van der Waals surface area contributed by atoms with E-state index in [-0.39, 0.29) is 30.7 Å². The zero-order valence-electron chi connectivity index (χ0n) is 19.5. The molecule has 178 valence electrons. The summed E-state index contributed by atoms with van der Waals surface area (Å²) in [6.07, 6.45) is 0.715. The highest BCUT2D eigenvalue weighted by molar-refractivity contribution is 7.13. The van der Waals surface area contributed by atoms with Gasteiger partial charge in [0, 0.05) is 12.2 Å². The Bertz CT molecular complexity index is 1380. The van der Waals surface area contributed by atoms with Crippen molar-refractivity contribution in [2.75, 3.05) is 4.90 Å². The van der Waals surface area contributed by atoms with E-state index in [1.165, 1.54) is 12.1 Å². The first-order chi connectivity index (χ1) is 16.9. The van der Waals surface area contributed by atoms with Gasteiger partial charge in [-0.25, -0.2) is 4.39 Å². The summed E-state index contributed by atoms with van der Waals surface area (Å²) in [5, 5.41) is 9.60. The largest absolute Gasteiger partial charge is 0.350 e. The van der Waals surface area contributed by atoms with Crippen LogP contribution < -0.4 is 10.2 Å². The fourth-order valence-corrected chi connectivity index (χ4v) is 5.19. The van der Waals surface area contributed by atoms with Crippen molar-refractivity contribution in [2.45, 2.75) is 38.9 Å². The quantitative estimate of drug-likeness (QED) is 0.413. The van der Waals surface area contributed by atoms with Gasteiger partial charge >= 0.3 is 0 Å². The van der Waals surface area contributed by atoms with E-state index >= 15 is 0 Å². The molecule has 1 unspecified atom stereocenters. The lowest BCUT2D eigenvalue weighted by Gasteiger charge is -2.43. The minimum Gasteiger partial charge on any atom is -0.350 e. The summed E-state index contributed by atoms with van der Waals surface area (Å²) in [6, 6.07) is 19.4. The first-order valence-electron chi connectivity index (χ1n) is 11.5. The first kappa shape index (κ1) is 23.0. The molecule has 1 aliphatic heterocycles. The summed E-state index contributed by atoms with van der Waals surface area (Å²) in [5.74, 6) is -0.910. The average Bonchev–Trinajstić information content (AvgIpc) is 3.54. The van der Waals surface area contributed by atoms with Crippen LogP contribution in [0.4, 0.5) is 10.1 Å². The number of carbonyl (C=O) groups is 2. The fourth-order valence-electron chi connectivity index (χ4n) is 4.51. The van der Waals surface area contributed by atoms with Crippen LogP contribution in [0.5, 0.6) is 0 Å². The molecular formula is C27H25FN4O2S. The van der Waals surface area contributed by atoms with E-state index in [9.17, 15) is 14.0 Å². The van der Waals surface area contributed by atoms with Crippen molar-refractivity contribution in [1.82, 2.24) is 15.1 Å². The number of nitrogens with one attached hydrogen (secondary N) is 1. The number of aryl methyl sites for hydroxylation is 1. The number of fused-ring (bicyclic) bond motifs is 1. The molecule has 8 heteroatoms. The molecule has 1 N–H and O–H groups in total. The Hall–Kier alpha value is -3.78. The number of benzene rings is 2. The van der Waals surface area contributed by atoms with Crippen LogP contribution in [0.25, 0.3) is 10.6 Å². The Morgan fingerprint density at radius 1 is 1.14 bits per heavy atom. The van der Waals surface area contributed by atoms with Gasteiger partial charge < -0.3 is 5.32 Å². The van der Waals surface area contributed by atoms with Crippen molar-refractivity contribution in [3.63, 3.8) is 0 Å². The zero-order valence-corrected chi connectivity index (χ0v) is 20.3. The van der Waals surface area contributed by atoms with Crippen LogP contribution >= 0.6 is 11.3 Å². The average molecular weight is 489 g/mol. The van der Waals surface area contributed by atoms with Crippen LogP contribution in [0.3, 0.4) is 0 Å².